The summed E-state index contributed by atoms with van der Waals surface area (Å²) in [5.41, 5.74) is -0.522. The van der Waals surface area contributed by atoms with Crippen LogP contribution in [-0.2, 0) is 9.59 Å². The molecule has 0 aliphatic heterocycles. The summed E-state index contributed by atoms with van der Waals surface area (Å²) in [5, 5.41) is 11.9. The van der Waals surface area contributed by atoms with Gasteiger partial charge in [-0.3, -0.25) is 9.59 Å². The monoisotopic (exact) mass is 345 g/mol. The minimum atomic E-state index is -0.855. The van der Waals surface area contributed by atoms with Crippen molar-refractivity contribution >= 4 is 39.1 Å². The van der Waals surface area contributed by atoms with Crippen LogP contribution in [0, 0.1) is 0 Å². The second-order valence-corrected chi connectivity index (χ2v) is 7.55. The Morgan fingerprint density at radius 2 is 2.21 bits per heavy atom. The summed E-state index contributed by atoms with van der Waals surface area (Å²) in [6.45, 7) is 1.85. The van der Waals surface area contributed by atoms with E-state index in [4.69, 9.17) is 5.11 Å². The molecule has 2 N–H and O–H groups in total. The lowest BCUT2D eigenvalue weighted by atomic mass is 9.74. The number of thiophene rings is 1. The third kappa shape index (κ3) is 3.36. The molecule has 0 radical (unpaired) electrons. The lowest BCUT2D eigenvalue weighted by molar-refractivity contribution is -0.140. The molecular weight excluding hydrogens is 330 g/mol. The van der Waals surface area contributed by atoms with Crippen molar-refractivity contribution in [2.45, 2.75) is 44.1 Å². The number of hydrogen-bond donors (Lipinski definition) is 2. The van der Waals surface area contributed by atoms with Gasteiger partial charge in [0, 0.05) is 4.88 Å². The molecule has 1 aromatic heterocycles. The van der Waals surface area contributed by atoms with Crippen LogP contribution in [0.15, 0.2) is 15.9 Å². The summed E-state index contributed by atoms with van der Waals surface area (Å²) in [6, 6.07) is 3.84. The average molecular weight is 346 g/mol. The van der Waals surface area contributed by atoms with E-state index in [1.807, 2.05) is 19.1 Å². The summed E-state index contributed by atoms with van der Waals surface area (Å²) in [7, 11) is 0. The van der Waals surface area contributed by atoms with E-state index < -0.39 is 11.5 Å². The smallest absolute Gasteiger partial charge is 0.305 e. The van der Waals surface area contributed by atoms with Gasteiger partial charge in [0.1, 0.15) is 0 Å². The van der Waals surface area contributed by atoms with Gasteiger partial charge in [-0.05, 0) is 54.2 Å². The third-order valence-corrected chi connectivity index (χ3v) is 5.41. The van der Waals surface area contributed by atoms with E-state index in [2.05, 4.69) is 21.2 Å². The van der Waals surface area contributed by atoms with Crippen molar-refractivity contribution in [3.63, 3.8) is 0 Å². The summed E-state index contributed by atoms with van der Waals surface area (Å²) >= 11 is 4.91. The van der Waals surface area contributed by atoms with Crippen LogP contribution in [0.25, 0.3) is 0 Å². The molecule has 0 saturated heterocycles. The molecule has 1 saturated carbocycles. The van der Waals surface area contributed by atoms with Gasteiger partial charge in [0.25, 0.3) is 0 Å². The number of carboxylic acids is 1. The number of halogens is 1. The van der Waals surface area contributed by atoms with Crippen molar-refractivity contribution in [3.8, 4) is 0 Å². The first-order valence-electron chi connectivity index (χ1n) is 6.21. The molecule has 0 aromatic carbocycles. The van der Waals surface area contributed by atoms with E-state index in [-0.39, 0.29) is 18.2 Å². The molecule has 2 rings (SSSR count). The third-order valence-electron chi connectivity index (χ3n) is 3.60. The maximum atomic E-state index is 12.2. The van der Waals surface area contributed by atoms with E-state index in [9.17, 15) is 9.59 Å². The van der Waals surface area contributed by atoms with Crippen molar-refractivity contribution in [1.82, 2.24) is 5.32 Å². The molecule has 6 heteroatoms. The Bertz CT molecular complexity index is 496. The van der Waals surface area contributed by atoms with Gasteiger partial charge in [0.2, 0.25) is 5.91 Å². The van der Waals surface area contributed by atoms with Crippen LogP contribution in [0.5, 0.6) is 0 Å². The van der Waals surface area contributed by atoms with Gasteiger partial charge >= 0.3 is 5.97 Å². The van der Waals surface area contributed by atoms with Crippen molar-refractivity contribution in [3.05, 3.63) is 20.8 Å². The lowest BCUT2D eigenvalue weighted by Gasteiger charge is -2.42. The highest BCUT2D eigenvalue weighted by molar-refractivity contribution is 9.11. The van der Waals surface area contributed by atoms with E-state index in [0.717, 1.165) is 27.9 Å². The second kappa shape index (κ2) is 5.63. The minimum absolute atomic E-state index is 0.0135. The van der Waals surface area contributed by atoms with Gasteiger partial charge in [0.05, 0.1) is 21.7 Å². The molecule has 1 aliphatic rings. The standard InChI is InChI=1S/C13H16BrNO3S/c1-8(9-3-4-10(14)19-9)12(18)15-13(5-2-6-13)7-11(16)17/h3-4,8H,2,5-7H2,1H3,(H,15,18)(H,16,17). The van der Waals surface area contributed by atoms with Crippen molar-refractivity contribution in [2.75, 3.05) is 0 Å². The molecule has 1 aliphatic carbocycles. The van der Waals surface area contributed by atoms with Gasteiger partial charge in [-0.25, -0.2) is 0 Å². The lowest BCUT2D eigenvalue weighted by Crippen LogP contribution is -2.55. The van der Waals surface area contributed by atoms with E-state index in [0.29, 0.717) is 0 Å². The number of nitrogens with one attached hydrogen (secondary N) is 1. The molecule has 1 fully saturated rings. The molecule has 0 bridgehead atoms. The average Bonchev–Trinajstić information content (AvgIpc) is 2.71. The SMILES string of the molecule is CC(C(=O)NC1(CC(=O)O)CCC1)c1ccc(Br)s1. The summed E-state index contributed by atoms with van der Waals surface area (Å²) in [6.07, 6.45) is 2.50. The number of rotatable bonds is 5. The molecule has 4 nitrogen and oxygen atoms in total. The molecular formula is C13H16BrNO3S. The highest BCUT2D eigenvalue weighted by Gasteiger charge is 2.41. The Morgan fingerprint density at radius 1 is 1.53 bits per heavy atom. The number of hydrogen-bond acceptors (Lipinski definition) is 3. The van der Waals surface area contributed by atoms with Crippen molar-refractivity contribution < 1.29 is 14.7 Å². The highest BCUT2D eigenvalue weighted by atomic mass is 79.9. The number of carbonyl (C=O) groups is 2. The van der Waals surface area contributed by atoms with Crippen LogP contribution in [0.4, 0.5) is 0 Å². The largest absolute Gasteiger partial charge is 0.481 e. The van der Waals surface area contributed by atoms with Gasteiger partial charge in [-0.1, -0.05) is 0 Å². The molecule has 1 atom stereocenters. The fourth-order valence-corrected chi connectivity index (χ4v) is 3.77. The maximum Gasteiger partial charge on any atom is 0.305 e. The van der Waals surface area contributed by atoms with Crippen molar-refractivity contribution in [1.29, 1.82) is 0 Å². The van der Waals surface area contributed by atoms with Gasteiger partial charge in [-0.15, -0.1) is 11.3 Å². The minimum Gasteiger partial charge on any atom is -0.481 e. The van der Waals surface area contributed by atoms with Gasteiger partial charge < -0.3 is 10.4 Å². The molecule has 104 valence electrons. The van der Waals surface area contributed by atoms with Crippen LogP contribution in [0.3, 0.4) is 0 Å². The van der Waals surface area contributed by atoms with Crippen LogP contribution < -0.4 is 5.32 Å². The number of aliphatic carboxylic acids is 1. The number of carbonyl (C=O) groups excluding carboxylic acids is 1. The highest BCUT2D eigenvalue weighted by Crippen LogP contribution is 2.36. The van der Waals surface area contributed by atoms with Crippen molar-refractivity contribution in [2.24, 2.45) is 0 Å². The van der Waals surface area contributed by atoms with Crippen LogP contribution in [-0.4, -0.2) is 22.5 Å². The summed E-state index contributed by atoms with van der Waals surface area (Å²) in [5.74, 6) is -1.19. The van der Waals surface area contributed by atoms with E-state index in [1.54, 1.807) is 0 Å². The zero-order chi connectivity index (χ0) is 14.0. The van der Waals surface area contributed by atoms with Crippen LogP contribution >= 0.6 is 27.3 Å². The molecule has 1 aromatic rings. The second-order valence-electron chi connectivity index (χ2n) is 5.06. The maximum absolute atomic E-state index is 12.2. The molecule has 1 heterocycles. The zero-order valence-corrected chi connectivity index (χ0v) is 13.0. The zero-order valence-electron chi connectivity index (χ0n) is 10.6. The van der Waals surface area contributed by atoms with Crippen LogP contribution in [0.2, 0.25) is 0 Å². The normalized spacial score (nSPS) is 18.4. The fourth-order valence-electron chi connectivity index (χ4n) is 2.30. The molecule has 0 spiro atoms. The molecule has 19 heavy (non-hydrogen) atoms. The quantitative estimate of drug-likeness (QED) is 0.861. The Balaban J connectivity index is 2.01. The first-order chi connectivity index (χ1) is 8.92. The predicted octanol–water partition coefficient (Wildman–Crippen LogP) is 3.13. The number of amides is 1. The van der Waals surface area contributed by atoms with E-state index >= 15 is 0 Å². The predicted molar refractivity (Wildman–Crippen MR) is 77.4 cm³/mol. The Morgan fingerprint density at radius 3 is 2.63 bits per heavy atom. The topological polar surface area (TPSA) is 66.4 Å². The Hall–Kier alpha value is -0.880. The summed E-state index contributed by atoms with van der Waals surface area (Å²) < 4.78 is 0.992. The molecule has 1 unspecified atom stereocenters. The van der Waals surface area contributed by atoms with Gasteiger partial charge in [-0.2, -0.15) is 0 Å². The van der Waals surface area contributed by atoms with Crippen LogP contribution in [0.1, 0.15) is 43.4 Å². The van der Waals surface area contributed by atoms with Gasteiger partial charge in [0.15, 0.2) is 0 Å². The fraction of sp³-hybridized carbons (Fsp3) is 0.538. The summed E-state index contributed by atoms with van der Waals surface area (Å²) in [4.78, 5) is 24.1. The molecule has 1 amide bonds. The Kier molecular flexibility index (Phi) is 4.30. The Labute approximate surface area is 124 Å². The number of carboxylic acid groups (broad SMARTS) is 1. The first-order valence-corrected chi connectivity index (χ1v) is 7.82. The van der Waals surface area contributed by atoms with E-state index in [1.165, 1.54) is 11.3 Å². The first kappa shape index (κ1) is 14.5.